The number of nitrogens with one attached hydrogen (secondary N) is 1. The third-order valence-electron chi connectivity index (χ3n) is 1.67. The second-order valence-electron chi connectivity index (χ2n) is 2.79. The molecular weight excluding hydrogens is 294 g/mol. The van der Waals surface area contributed by atoms with Crippen LogP contribution in [0.5, 0.6) is 0 Å². The molecule has 5 heteroatoms. The monoisotopic (exact) mass is 307 g/mol. The zero-order chi connectivity index (χ0) is 11.1. The van der Waals surface area contributed by atoms with E-state index in [9.17, 15) is 0 Å². The van der Waals surface area contributed by atoms with Crippen molar-refractivity contribution in [3.8, 4) is 0 Å². The molecular formula is C10H14BrNOS2. The van der Waals surface area contributed by atoms with Gasteiger partial charge in [0.15, 0.2) is 0 Å². The van der Waals surface area contributed by atoms with Gasteiger partial charge in [0.25, 0.3) is 0 Å². The first-order valence-corrected chi connectivity index (χ1v) is 7.37. The molecule has 0 spiro atoms. The molecule has 0 saturated heterocycles. The molecule has 0 bridgehead atoms. The number of rotatable bonds is 6. The molecule has 15 heavy (non-hydrogen) atoms. The summed E-state index contributed by atoms with van der Waals surface area (Å²) in [6.45, 7) is 3.68. The first-order chi connectivity index (χ1) is 7.27. The Hall–Kier alpha value is 0.320. The molecule has 1 rings (SSSR count). The summed E-state index contributed by atoms with van der Waals surface area (Å²) >= 11 is 6.55. The van der Waals surface area contributed by atoms with E-state index in [1.54, 1.807) is 11.9 Å². The SMILES string of the molecule is CCNSc1cc(COSC)ccc1Br. The Labute approximate surface area is 108 Å². The summed E-state index contributed by atoms with van der Waals surface area (Å²) in [5.41, 5.74) is 1.19. The lowest BCUT2D eigenvalue weighted by Gasteiger charge is -2.07. The minimum absolute atomic E-state index is 0.647. The van der Waals surface area contributed by atoms with Crippen LogP contribution in [0.4, 0.5) is 0 Å². The molecule has 0 unspecified atom stereocenters. The van der Waals surface area contributed by atoms with Gasteiger partial charge in [-0.3, -0.25) is 4.72 Å². The highest BCUT2D eigenvalue weighted by atomic mass is 79.9. The molecule has 0 aromatic heterocycles. The van der Waals surface area contributed by atoms with Crippen LogP contribution in [0.3, 0.4) is 0 Å². The molecule has 0 saturated carbocycles. The Kier molecular flexibility index (Phi) is 6.76. The van der Waals surface area contributed by atoms with Crippen molar-refractivity contribution in [1.82, 2.24) is 4.72 Å². The van der Waals surface area contributed by atoms with E-state index in [4.69, 9.17) is 4.18 Å². The van der Waals surface area contributed by atoms with E-state index >= 15 is 0 Å². The smallest absolute Gasteiger partial charge is 0.0864 e. The van der Waals surface area contributed by atoms with E-state index in [0.29, 0.717) is 6.61 Å². The van der Waals surface area contributed by atoms with Crippen LogP contribution in [0.1, 0.15) is 12.5 Å². The van der Waals surface area contributed by atoms with E-state index in [-0.39, 0.29) is 0 Å². The minimum Gasteiger partial charge on any atom is -0.311 e. The Balaban J connectivity index is 2.66. The van der Waals surface area contributed by atoms with Crippen molar-refractivity contribution in [2.45, 2.75) is 18.4 Å². The van der Waals surface area contributed by atoms with Crippen molar-refractivity contribution >= 4 is 39.9 Å². The lowest BCUT2D eigenvalue weighted by Crippen LogP contribution is -2.00. The van der Waals surface area contributed by atoms with Crippen molar-refractivity contribution < 1.29 is 4.18 Å². The molecule has 1 aromatic rings. The van der Waals surface area contributed by atoms with Crippen molar-refractivity contribution in [3.63, 3.8) is 0 Å². The molecule has 0 aliphatic heterocycles. The normalized spacial score (nSPS) is 10.6. The maximum absolute atomic E-state index is 5.29. The van der Waals surface area contributed by atoms with Gasteiger partial charge in [0.1, 0.15) is 0 Å². The van der Waals surface area contributed by atoms with Crippen LogP contribution in [0.25, 0.3) is 0 Å². The van der Waals surface area contributed by atoms with Gasteiger partial charge in [0.2, 0.25) is 0 Å². The molecule has 0 fully saturated rings. The first-order valence-electron chi connectivity index (χ1n) is 4.61. The van der Waals surface area contributed by atoms with Crippen LogP contribution in [0.15, 0.2) is 27.6 Å². The highest BCUT2D eigenvalue weighted by Gasteiger charge is 2.02. The highest BCUT2D eigenvalue weighted by molar-refractivity contribution is 9.10. The summed E-state index contributed by atoms with van der Waals surface area (Å²) in [6.07, 6.45) is 1.92. The third kappa shape index (κ3) is 4.78. The molecule has 84 valence electrons. The van der Waals surface area contributed by atoms with Gasteiger partial charge in [-0.25, -0.2) is 0 Å². The molecule has 0 radical (unpaired) electrons. The van der Waals surface area contributed by atoms with E-state index < -0.39 is 0 Å². The number of halogens is 1. The van der Waals surface area contributed by atoms with Gasteiger partial charge in [-0.1, -0.05) is 13.0 Å². The van der Waals surface area contributed by atoms with Gasteiger partial charge in [-0.05, 0) is 57.6 Å². The fourth-order valence-corrected chi connectivity index (χ4v) is 2.41. The Bertz CT molecular complexity index is 309. The second-order valence-corrected chi connectivity index (χ2v) is 5.15. The van der Waals surface area contributed by atoms with Gasteiger partial charge in [0.05, 0.1) is 6.61 Å². The lowest BCUT2D eigenvalue weighted by molar-refractivity contribution is 0.365. The van der Waals surface area contributed by atoms with Gasteiger partial charge < -0.3 is 4.18 Å². The Morgan fingerprint density at radius 2 is 2.27 bits per heavy atom. The van der Waals surface area contributed by atoms with Gasteiger partial charge in [0, 0.05) is 22.2 Å². The largest absolute Gasteiger partial charge is 0.311 e. The molecule has 0 aliphatic rings. The molecule has 1 aromatic carbocycles. The van der Waals surface area contributed by atoms with Crippen LogP contribution >= 0.6 is 39.9 Å². The zero-order valence-corrected chi connectivity index (χ0v) is 12.0. The highest BCUT2D eigenvalue weighted by Crippen LogP contribution is 2.27. The summed E-state index contributed by atoms with van der Waals surface area (Å²) in [6, 6.07) is 6.25. The predicted octanol–water partition coefficient (Wildman–Crippen LogP) is 3.86. The predicted molar refractivity (Wildman–Crippen MR) is 72.0 cm³/mol. The Morgan fingerprint density at radius 1 is 1.47 bits per heavy atom. The number of benzene rings is 1. The van der Waals surface area contributed by atoms with Gasteiger partial charge >= 0.3 is 0 Å². The fourth-order valence-electron chi connectivity index (χ4n) is 0.993. The average Bonchev–Trinajstić information content (AvgIpc) is 2.26. The molecule has 0 amide bonds. The maximum Gasteiger partial charge on any atom is 0.0864 e. The first kappa shape index (κ1) is 13.4. The van der Waals surface area contributed by atoms with Crippen molar-refractivity contribution in [2.24, 2.45) is 0 Å². The topological polar surface area (TPSA) is 21.3 Å². The van der Waals surface area contributed by atoms with Crippen molar-refractivity contribution in [1.29, 1.82) is 0 Å². The van der Waals surface area contributed by atoms with E-state index in [0.717, 1.165) is 11.0 Å². The van der Waals surface area contributed by atoms with Crippen LogP contribution in [0.2, 0.25) is 0 Å². The quantitative estimate of drug-likeness (QED) is 0.636. The Morgan fingerprint density at radius 3 is 2.93 bits per heavy atom. The maximum atomic E-state index is 5.29. The molecule has 2 nitrogen and oxygen atoms in total. The van der Waals surface area contributed by atoms with Gasteiger partial charge in [-0.2, -0.15) is 0 Å². The van der Waals surface area contributed by atoms with E-state index in [2.05, 4.69) is 45.8 Å². The van der Waals surface area contributed by atoms with Crippen LogP contribution in [-0.2, 0) is 10.8 Å². The van der Waals surface area contributed by atoms with E-state index in [1.165, 1.54) is 22.5 Å². The standard InChI is InChI=1S/C10H14BrNOS2/c1-3-12-15-10-6-8(7-13-14-2)4-5-9(10)11/h4-6,12H,3,7H2,1-2H3. The molecule has 0 aliphatic carbocycles. The van der Waals surface area contributed by atoms with Crippen molar-refractivity contribution in [3.05, 3.63) is 28.2 Å². The summed E-state index contributed by atoms with van der Waals surface area (Å²) < 4.78 is 9.63. The summed E-state index contributed by atoms with van der Waals surface area (Å²) in [4.78, 5) is 1.19. The third-order valence-corrected chi connectivity index (χ3v) is 3.96. The zero-order valence-electron chi connectivity index (χ0n) is 8.75. The van der Waals surface area contributed by atoms with Crippen molar-refractivity contribution in [2.75, 3.05) is 12.8 Å². The van der Waals surface area contributed by atoms with Crippen LogP contribution < -0.4 is 4.72 Å². The number of hydrogen-bond acceptors (Lipinski definition) is 4. The number of hydrogen-bond donors (Lipinski definition) is 1. The van der Waals surface area contributed by atoms with Gasteiger partial charge in [-0.15, -0.1) is 0 Å². The van der Waals surface area contributed by atoms with Crippen LogP contribution in [-0.4, -0.2) is 12.8 Å². The second kappa shape index (κ2) is 7.57. The summed E-state index contributed by atoms with van der Waals surface area (Å²) in [7, 11) is 0. The minimum atomic E-state index is 0.647. The fraction of sp³-hybridized carbons (Fsp3) is 0.400. The van der Waals surface area contributed by atoms with Crippen LogP contribution in [0, 0.1) is 0 Å². The summed E-state index contributed by atoms with van der Waals surface area (Å²) in [5, 5.41) is 0. The van der Waals surface area contributed by atoms with E-state index in [1.807, 2.05) is 6.26 Å². The molecule has 0 heterocycles. The lowest BCUT2D eigenvalue weighted by atomic mass is 10.2. The summed E-state index contributed by atoms with van der Waals surface area (Å²) in [5.74, 6) is 0. The average molecular weight is 308 g/mol. The molecule has 1 N–H and O–H groups in total. The molecule has 0 atom stereocenters.